The fourth-order valence-corrected chi connectivity index (χ4v) is 1.31. The third-order valence-corrected chi connectivity index (χ3v) is 1.97. The Morgan fingerprint density at radius 1 is 1.54 bits per heavy atom. The molecule has 66 valence electrons. The molecule has 13 heavy (non-hydrogen) atoms. The van der Waals surface area contributed by atoms with Gasteiger partial charge in [-0.1, -0.05) is 11.6 Å². The lowest BCUT2D eigenvalue weighted by atomic mass is 10.2. The van der Waals surface area contributed by atoms with Crippen molar-refractivity contribution in [1.82, 2.24) is 15.2 Å². The first kappa shape index (κ1) is 8.19. The molecule has 4 nitrogen and oxygen atoms in total. The maximum atomic E-state index is 11.3. The number of aryl methyl sites for hydroxylation is 1. The molecule has 0 unspecified atom stereocenters. The Morgan fingerprint density at radius 2 is 2.31 bits per heavy atom. The van der Waals surface area contributed by atoms with Crippen LogP contribution in [0.25, 0.3) is 10.9 Å². The molecule has 0 spiro atoms. The van der Waals surface area contributed by atoms with E-state index in [-0.39, 0.29) is 5.56 Å². The van der Waals surface area contributed by atoms with Crippen LogP contribution < -0.4 is 5.56 Å². The molecule has 0 atom stereocenters. The molecule has 5 heteroatoms. The molecule has 2 aromatic heterocycles. The first-order chi connectivity index (χ1) is 6.18. The third-order valence-electron chi connectivity index (χ3n) is 1.77. The van der Waals surface area contributed by atoms with E-state index < -0.39 is 0 Å². The zero-order valence-electron chi connectivity index (χ0n) is 6.84. The zero-order valence-corrected chi connectivity index (χ0v) is 7.59. The highest BCUT2D eigenvalue weighted by Gasteiger charge is 2.03. The van der Waals surface area contributed by atoms with Gasteiger partial charge in [-0.15, -0.1) is 0 Å². The zero-order chi connectivity index (χ0) is 9.42. The molecule has 0 aliphatic rings. The van der Waals surface area contributed by atoms with E-state index in [1.807, 2.05) is 0 Å². The van der Waals surface area contributed by atoms with Crippen LogP contribution in [0.1, 0.15) is 5.69 Å². The van der Waals surface area contributed by atoms with Crippen LogP contribution in [-0.4, -0.2) is 15.2 Å². The lowest BCUT2D eigenvalue weighted by molar-refractivity contribution is 0.963. The molecule has 0 aliphatic carbocycles. The molecule has 2 rings (SSSR count). The summed E-state index contributed by atoms with van der Waals surface area (Å²) in [6, 6.07) is 1.58. The maximum absolute atomic E-state index is 11.3. The Kier molecular flexibility index (Phi) is 1.77. The summed E-state index contributed by atoms with van der Waals surface area (Å²) >= 11 is 5.71. The molecule has 2 aromatic rings. The maximum Gasteiger partial charge on any atom is 0.273 e. The summed E-state index contributed by atoms with van der Waals surface area (Å²) in [4.78, 5) is 15.3. The summed E-state index contributed by atoms with van der Waals surface area (Å²) in [6.45, 7) is 1.78. The number of halogens is 1. The molecule has 1 N–H and O–H groups in total. The van der Waals surface area contributed by atoms with Crippen LogP contribution >= 0.6 is 11.6 Å². The van der Waals surface area contributed by atoms with Crippen LogP contribution in [0, 0.1) is 6.92 Å². The number of pyridine rings is 1. The lowest BCUT2D eigenvalue weighted by Gasteiger charge is -1.98. The van der Waals surface area contributed by atoms with E-state index in [4.69, 9.17) is 11.6 Å². The van der Waals surface area contributed by atoms with E-state index in [1.54, 1.807) is 13.0 Å². The predicted octanol–water partition coefficient (Wildman–Crippen LogP) is 1.28. The van der Waals surface area contributed by atoms with Crippen LogP contribution in [0.5, 0.6) is 0 Å². The number of fused-ring (bicyclic) bond motifs is 1. The van der Waals surface area contributed by atoms with Crippen molar-refractivity contribution >= 4 is 22.5 Å². The van der Waals surface area contributed by atoms with Crippen LogP contribution in [0.15, 0.2) is 17.1 Å². The second kappa shape index (κ2) is 2.81. The average molecular weight is 196 g/mol. The van der Waals surface area contributed by atoms with Crippen molar-refractivity contribution in [2.45, 2.75) is 6.92 Å². The van der Waals surface area contributed by atoms with Gasteiger partial charge in [0.25, 0.3) is 5.56 Å². The Labute approximate surface area is 78.6 Å². The summed E-state index contributed by atoms with van der Waals surface area (Å²) in [6.07, 6.45) is 1.50. The Balaban J connectivity index is 3.01. The predicted molar refractivity (Wildman–Crippen MR) is 49.9 cm³/mol. The van der Waals surface area contributed by atoms with Crippen LogP contribution in [0.2, 0.25) is 5.02 Å². The van der Waals surface area contributed by atoms with Gasteiger partial charge in [-0.05, 0) is 13.0 Å². The van der Waals surface area contributed by atoms with Crippen LogP contribution in [-0.2, 0) is 0 Å². The summed E-state index contributed by atoms with van der Waals surface area (Å²) < 4.78 is 0. The molecule has 0 bridgehead atoms. The van der Waals surface area contributed by atoms with Crippen molar-refractivity contribution in [2.24, 2.45) is 0 Å². The Morgan fingerprint density at radius 3 is 3.08 bits per heavy atom. The van der Waals surface area contributed by atoms with Gasteiger partial charge < -0.3 is 0 Å². The number of hydrogen-bond acceptors (Lipinski definition) is 3. The number of hydrogen-bond donors (Lipinski definition) is 1. The monoisotopic (exact) mass is 195 g/mol. The van der Waals surface area contributed by atoms with Crippen molar-refractivity contribution < 1.29 is 0 Å². The fraction of sp³-hybridized carbons (Fsp3) is 0.125. The van der Waals surface area contributed by atoms with Gasteiger partial charge in [-0.2, -0.15) is 5.10 Å². The lowest BCUT2D eigenvalue weighted by Crippen LogP contribution is -2.10. The molecule has 0 radical (unpaired) electrons. The minimum Gasteiger partial charge on any atom is -0.267 e. The smallest absolute Gasteiger partial charge is 0.267 e. The molecule has 0 aliphatic heterocycles. The van der Waals surface area contributed by atoms with Gasteiger partial charge in [0.05, 0.1) is 21.6 Å². The number of nitrogens with zero attached hydrogens (tertiary/aromatic N) is 2. The van der Waals surface area contributed by atoms with Crippen molar-refractivity contribution in [3.63, 3.8) is 0 Å². The largest absolute Gasteiger partial charge is 0.273 e. The highest BCUT2D eigenvalue weighted by Crippen LogP contribution is 2.13. The van der Waals surface area contributed by atoms with Crippen LogP contribution in [0.4, 0.5) is 0 Å². The minimum atomic E-state index is -0.268. The standard InChI is InChI=1S/C8H6ClN3O/c1-4-7-6(8(13)12-11-4)2-5(9)3-10-7/h2-3H,1H3,(H,12,13). The van der Waals surface area contributed by atoms with Gasteiger partial charge in [-0.3, -0.25) is 9.78 Å². The summed E-state index contributed by atoms with van der Waals surface area (Å²) in [7, 11) is 0. The van der Waals surface area contributed by atoms with Gasteiger partial charge >= 0.3 is 0 Å². The molecule has 0 fully saturated rings. The molecule has 2 heterocycles. The van der Waals surface area contributed by atoms with E-state index >= 15 is 0 Å². The number of nitrogens with one attached hydrogen (secondary N) is 1. The van der Waals surface area contributed by atoms with E-state index in [9.17, 15) is 4.79 Å². The van der Waals surface area contributed by atoms with E-state index in [0.29, 0.717) is 21.6 Å². The van der Waals surface area contributed by atoms with Gasteiger partial charge in [-0.25, -0.2) is 5.10 Å². The summed E-state index contributed by atoms with van der Waals surface area (Å²) in [5.74, 6) is 0. The topological polar surface area (TPSA) is 58.6 Å². The second-order valence-electron chi connectivity index (χ2n) is 2.69. The van der Waals surface area contributed by atoms with Gasteiger partial charge in [0.1, 0.15) is 0 Å². The van der Waals surface area contributed by atoms with Crippen molar-refractivity contribution in [1.29, 1.82) is 0 Å². The number of H-pyrrole nitrogens is 1. The third kappa shape index (κ3) is 1.29. The Hall–Kier alpha value is -1.42. The van der Waals surface area contributed by atoms with Gasteiger partial charge in [0.2, 0.25) is 0 Å². The number of rotatable bonds is 0. The minimum absolute atomic E-state index is 0.268. The number of aromatic amines is 1. The first-order valence-electron chi connectivity index (χ1n) is 3.69. The summed E-state index contributed by atoms with van der Waals surface area (Å²) in [5, 5.41) is 7.08. The highest BCUT2D eigenvalue weighted by molar-refractivity contribution is 6.31. The number of aromatic nitrogens is 3. The van der Waals surface area contributed by atoms with Crippen molar-refractivity contribution in [3.8, 4) is 0 Å². The van der Waals surface area contributed by atoms with Crippen molar-refractivity contribution in [2.75, 3.05) is 0 Å². The quantitative estimate of drug-likeness (QED) is 0.689. The molecular weight excluding hydrogens is 190 g/mol. The van der Waals surface area contributed by atoms with Gasteiger partial charge in [0, 0.05) is 6.20 Å². The fourth-order valence-electron chi connectivity index (χ4n) is 1.15. The molecule has 0 aromatic carbocycles. The average Bonchev–Trinajstić information content (AvgIpc) is 2.12. The normalized spacial score (nSPS) is 10.6. The first-order valence-corrected chi connectivity index (χ1v) is 4.07. The molecule has 0 amide bonds. The van der Waals surface area contributed by atoms with E-state index in [1.165, 1.54) is 6.20 Å². The van der Waals surface area contributed by atoms with Crippen molar-refractivity contribution in [3.05, 3.63) is 33.3 Å². The van der Waals surface area contributed by atoms with Crippen LogP contribution in [0.3, 0.4) is 0 Å². The SMILES string of the molecule is Cc1n[nH]c(=O)c2cc(Cl)cnc12. The summed E-state index contributed by atoms with van der Waals surface area (Å²) in [5.41, 5.74) is 1.01. The second-order valence-corrected chi connectivity index (χ2v) is 3.12. The van der Waals surface area contributed by atoms with E-state index in [0.717, 1.165) is 0 Å². The molecule has 0 saturated heterocycles. The highest BCUT2D eigenvalue weighted by atomic mass is 35.5. The Bertz CT molecular complexity index is 520. The van der Waals surface area contributed by atoms with Gasteiger partial charge in [0.15, 0.2) is 0 Å². The molecule has 0 saturated carbocycles. The van der Waals surface area contributed by atoms with E-state index in [2.05, 4.69) is 15.2 Å². The molecular formula is C8H6ClN3O.